The lowest BCUT2D eigenvalue weighted by molar-refractivity contribution is 0.118. The highest BCUT2D eigenvalue weighted by molar-refractivity contribution is 7.99. The van der Waals surface area contributed by atoms with E-state index in [4.69, 9.17) is 0 Å². The molecule has 3 rings (SSSR count). The number of carbonyl (C=O) groups is 1. The van der Waals surface area contributed by atoms with Crippen LogP contribution in [0.5, 0.6) is 0 Å². The molecule has 23 heavy (non-hydrogen) atoms. The first-order chi connectivity index (χ1) is 11.2. The van der Waals surface area contributed by atoms with Gasteiger partial charge >= 0.3 is 6.03 Å². The second-order valence-electron chi connectivity index (χ2n) is 7.77. The number of carbonyl (C=O) groups excluding carboxylic acids is 1. The fourth-order valence-electron chi connectivity index (χ4n) is 4.12. The Bertz CT molecular complexity index is 378. The number of amides is 2. The van der Waals surface area contributed by atoms with E-state index in [0.29, 0.717) is 12.0 Å². The molecule has 0 spiro atoms. The number of urea groups is 1. The van der Waals surface area contributed by atoms with Crippen LogP contribution < -0.4 is 5.32 Å². The van der Waals surface area contributed by atoms with E-state index >= 15 is 0 Å². The Morgan fingerprint density at radius 2 is 1.83 bits per heavy atom. The van der Waals surface area contributed by atoms with Gasteiger partial charge in [0.1, 0.15) is 0 Å². The summed E-state index contributed by atoms with van der Waals surface area (Å²) in [6.45, 7) is 7.97. The quantitative estimate of drug-likeness (QED) is 0.858. The molecule has 3 aliphatic rings. The lowest BCUT2D eigenvalue weighted by atomic mass is 9.94. The van der Waals surface area contributed by atoms with E-state index in [0.717, 1.165) is 31.8 Å². The Morgan fingerprint density at radius 3 is 2.57 bits per heavy atom. The van der Waals surface area contributed by atoms with Crippen LogP contribution in [0.1, 0.15) is 45.4 Å². The van der Waals surface area contributed by atoms with Crippen molar-refractivity contribution in [3.05, 3.63) is 0 Å². The van der Waals surface area contributed by atoms with Crippen LogP contribution in [0, 0.1) is 11.8 Å². The number of likely N-dealkylation sites (tertiary alicyclic amines) is 2. The van der Waals surface area contributed by atoms with Crippen LogP contribution in [-0.2, 0) is 0 Å². The van der Waals surface area contributed by atoms with E-state index < -0.39 is 0 Å². The van der Waals surface area contributed by atoms with Gasteiger partial charge in [0.15, 0.2) is 0 Å². The molecule has 5 heteroatoms. The van der Waals surface area contributed by atoms with E-state index in [2.05, 4.69) is 22.0 Å². The summed E-state index contributed by atoms with van der Waals surface area (Å²) in [4.78, 5) is 17.3. The molecule has 3 aliphatic heterocycles. The molecule has 4 nitrogen and oxygen atoms in total. The molecule has 1 atom stereocenters. The van der Waals surface area contributed by atoms with Crippen molar-refractivity contribution in [2.45, 2.75) is 51.5 Å². The highest BCUT2D eigenvalue weighted by atomic mass is 32.2. The number of nitrogens with one attached hydrogen (secondary N) is 1. The number of nitrogens with zero attached hydrogens (tertiary/aromatic N) is 2. The molecule has 3 heterocycles. The van der Waals surface area contributed by atoms with E-state index in [9.17, 15) is 4.79 Å². The summed E-state index contributed by atoms with van der Waals surface area (Å²) in [5.41, 5.74) is 0. The van der Waals surface area contributed by atoms with Crippen LogP contribution in [0.3, 0.4) is 0 Å². The Hall–Kier alpha value is -0.420. The van der Waals surface area contributed by atoms with Gasteiger partial charge in [-0.25, -0.2) is 4.79 Å². The minimum Gasteiger partial charge on any atom is -0.335 e. The number of piperidine rings is 2. The fourth-order valence-corrected chi connectivity index (χ4v) is 5.22. The van der Waals surface area contributed by atoms with E-state index in [1.54, 1.807) is 0 Å². The minimum absolute atomic E-state index is 0.193. The molecule has 132 valence electrons. The first kappa shape index (κ1) is 17.4. The average Bonchev–Trinajstić information content (AvgIpc) is 2.58. The van der Waals surface area contributed by atoms with Crippen LogP contribution in [-0.4, -0.2) is 66.1 Å². The second kappa shape index (κ2) is 8.61. The van der Waals surface area contributed by atoms with Crippen LogP contribution in [0.25, 0.3) is 0 Å². The summed E-state index contributed by atoms with van der Waals surface area (Å²) in [5, 5.41) is 3.28. The number of hydrogen-bond donors (Lipinski definition) is 1. The van der Waals surface area contributed by atoms with Gasteiger partial charge in [-0.15, -0.1) is 0 Å². The van der Waals surface area contributed by atoms with Crippen LogP contribution >= 0.6 is 11.8 Å². The average molecular weight is 340 g/mol. The van der Waals surface area contributed by atoms with E-state index in [-0.39, 0.29) is 6.03 Å². The lowest BCUT2D eigenvalue weighted by Gasteiger charge is -2.38. The Morgan fingerprint density at radius 1 is 1.09 bits per heavy atom. The molecule has 0 bridgehead atoms. The maximum atomic E-state index is 12.5. The van der Waals surface area contributed by atoms with Gasteiger partial charge in [0.25, 0.3) is 0 Å². The molecular weight excluding hydrogens is 306 g/mol. The van der Waals surface area contributed by atoms with Crippen molar-refractivity contribution in [2.75, 3.05) is 44.2 Å². The normalized spacial score (nSPS) is 28.7. The zero-order valence-corrected chi connectivity index (χ0v) is 15.5. The van der Waals surface area contributed by atoms with Gasteiger partial charge in [0.2, 0.25) is 0 Å². The molecule has 3 saturated heterocycles. The van der Waals surface area contributed by atoms with Crippen LogP contribution in [0.2, 0.25) is 0 Å². The van der Waals surface area contributed by atoms with Crippen molar-refractivity contribution in [1.29, 1.82) is 0 Å². The SMILES string of the molecule is CC1CCN(C[C@@H]2CCCN(C(=O)NC3CCSCC3)C2)CC1. The maximum Gasteiger partial charge on any atom is 0.317 e. The van der Waals surface area contributed by atoms with Gasteiger partial charge in [-0.3, -0.25) is 0 Å². The lowest BCUT2D eigenvalue weighted by Crippen LogP contribution is -2.51. The smallest absolute Gasteiger partial charge is 0.317 e. The molecule has 0 unspecified atom stereocenters. The van der Waals surface area contributed by atoms with Crippen molar-refractivity contribution in [3.8, 4) is 0 Å². The molecule has 3 fully saturated rings. The predicted octanol–water partition coefficient (Wildman–Crippen LogP) is 3.04. The number of hydrogen-bond acceptors (Lipinski definition) is 3. The van der Waals surface area contributed by atoms with Crippen molar-refractivity contribution >= 4 is 17.8 Å². The van der Waals surface area contributed by atoms with Gasteiger partial charge in [-0.05, 0) is 75.0 Å². The third-order valence-corrected chi connectivity index (χ3v) is 6.80. The van der Waals surface area contributed by atoms with Crippen LogP contribution in [0.4, 0.5) is 4.79 Å². The molecule has 0 aromatic carbocycles. The third-order valence-electron chi connectivity index (χ3n) is 5.75. The van der Waals surface area contributed by atoms with Crippen molar-refractivity contribution in [3.63, 3.8) is 0 Å². The van der Waals surface area contributed by atoms with E-state index in [1.807, 2.05) is 11.8 Å². The topological polar surface area (TPSA) is 35.6 Å². The van der Waals surface area contributed by atoms with E-state index in [1.165, 1.54) is 56.8 Å². The Kier molecular flexibility index (Phi) is 6.52. The molecule has 0 saturated carbocycles. The standard InChI is InChI=1S/C18H33N3OS/c1-15-4-9-20(10-5-15)13-16-3-2-8-21(14-16)18(22)19-17-6-11-23-12-7-17/h15-17H,2-14H2,1H3,(H,19,22)/t16-/m0/s1. The number of rotatable bonds is 3. The summed E-state index contributed by atoms with van der Waals surface area (Å²) >= 11 is 2.01. The molecular formula is C18H33N3OS. The van der Waals surface area contributed by atoms with Gasteiger partial charge in [-0.1, -0.05) is 6.92 Å². The highest BCUT2D eigenvalue weighted by Gasteiger charge is 2.27. The van der Waals surface area contributed by atoms with Crippen LogP contribution in [0.15, 0.2) is 0 Å². The largest absolute Gasteiger partial charge is 0.335 e. The second-order valence-corrected chi connectivity index (χ2v) is 9.00. The molecule has 1 N–H and O–H groups in total. The van der Waals surface area contributed by atoms with Crippen molar-refractivity contribution in [2.24, 2.45) is 11.8 Å². The van der Waals surface area contributed by atoms with Gasteiger partial charge in [0, 0.05) is 25.7 Å². The zero-order chi connectivity index (χ0) is 16.1. The first-order valence-corrected chi connectivity index (χ1v) is 10.7. The molecule has 0 radical (unpaired) electrons. The Balaban J connectivity index is 1.42. The summed E-state index contributed by atoms with van der Waals surface area (Å²) in [5.74, 6) is 3.96. The summed E-state index contributed by atoms with van der Waals surface area (Å²) in [6, 6.07) is 0.603. The molecule has 2 amide bonds. The Labute approximate surface area is 145 Å². The van der Waals surface area contributed by atoms with Gasteiger partial charge < -0.3 is 15.1 Å². The first-order valence-electron chi connectivity index (χ1n) is 9.56. The van der Waals surface area contributed by atoms with Gasteiger partial charge in [-0.2, -0.15) is 11.8 Å². The maximum absolute atomic E-state index is 12.5. The monoisotopic (exact) mass is 339 g/mol. The zero-order valence-electron chi connectivity index (χ0n) is 14.6. The highest BCUT2D eigenvalue weighted by Crippen LogP contribution is 2.22. The number of thioether (sulfide) groups is 1. The van der Waals surface area contributed by atoms with Gasteiger partial charge in [0.05, 0.1) is 0 Å². The molecule has 0 aromatic rings. The third kappa shape index (κ3) is 5.28. The fraction of sp³-hybridized carbons (Fsp3) is 0.944. The molecule has 0 aliphatic carbocycles. The summed E-state index contributed by atoms with van der Waals surface area (Å²) in [7, 11) is 0. The minimum atomic E-state index is 0.193. The summed E-state index contributed by atoms with van der Waals surface area (Å²) in [6.07, 6.45) is 7.42. The predicted molar refractivity (Wildman–Crippen MR) is 98.0 cm³/mol. The van der Waals surface area contributed by atoms with Crippen molar-refractivity contribution < 1.29 is 4.79 Å². The van der Waals surface area contributed by atoms with Crippen molar-refractivity contribution in [1.82, 2.24) is 15.1 Å². The summed E-state index contributed by atoms with van der Waals surface area (Å²) < 4.78 is 0. The molecule has 0 aromatic heterocycles.